The molecule has 0 saturated heterocycles. The number of aliphatic hydroxyl groups is 1. The third-order valence-electron chi connectivity index (χ3n) is 4.88. The van der Waals surface area contributed by atoms with Crippen molar-refractivity contribution in [1.82, 2.24) is 4.90 Å². The highest BCUT2D eigenvalue weighted by molar-refractivity contribution is 5.99. The maximum Gasteiger partial charge on any atom is 0.290 e. The normalized spacial score (nSPS) is 15.9. The van der Waals surface area contributed by atoms with Gasteiger partial charge >= 0.3 is 0 Å². The molecular formula is C20H16N2O6. The Hall–Kier alpha value is -3.52. The van der Waals surface area contributed by atoms with Crippen LogP contribution in [0.15, 0.2) is 51.7 Å². The van der Waals surface area contributed by atoms with Crippen molar-refractivity contribution < 1.29 is 19.2 Å². The number of nitro groups is 1. The van der Waals surface area contributed by atoms with Crippen molar-refractivity contribution in [1.29, 1.82) is 0 Å². The predicted molar refractivity (Wildman–Crippen MR) is 100 cm³/mol. The third-order valence-corrected chi connectivity index (χ3v) is 4.88. The smallest absolute Gasteiger partial charge is 0.290 e. The number of fused-ring (bicyclic) bond motifs is 2. The molecule has 142 valence electrons. The van der Waals surface area contributed by atoms with Crippen LogP contribution in [0.25, 0.3) is 11.0 Å². The van der Waals surface area contributed by atoms with Gasteiger partial charge in [-0.2, -0.15) is 0 Å². The fourth-order valence-corrected chi connectivity index (χ4v) is 3.60. The van der Waals surface area contributed by atoms with E-state index in [2.05, 4.69) is 0 Å². The van der Waals surface area contributed by atoms with E-state index in [0.29, 0.717) is 16.5 Å². The van der Waals surface area contributed by atoms with Crippen molar-refractivity contribution in [3.63, 3.8) is 0 Å². The number of amides is 1. The maximum atomic E-state index is 13.2. The van der Waals surface area contributed by atoms with Crippen LogP contribution in [0, 0.1) is 17.0 Å². The van der Waals surface area contributed by atoms with Gasteiger partial charge in [-0.3, -0.25) is 19.7 Å². The summed E-state index contributed by atoms with van der Waals surface area (Å²) >= 11 is 0. The zero-order valence-electron chi connectivity index (χ0n) is 14.9. The molecule has 0 bridgehead atoms. The number of hydrogen-bond donors (Lipinski definition) is 1. The van der Waals surface area contributed by atoms with Crippen molar-refractivity contribution in [2.45, 2.75) is 13.0 Å². The first-order valence-corrected chi connectivity index (χ1v) is 8.66. The predicted octanol–water partition coefficient (Wildman–Crippen LogP) is 2.55. The minimum atomic E-state index is -0.781. The number of rotatable bonds is 4. The van der Waals surface area contributed by atoms with E-state index in [1.807, 2.05) is 6.92 Å². The first kappa shape index (κ1) is 17.9. The van der Waals surface area contributed by atoms with E-state index in [1.165, 1.54) is 29.2 Å². The molecule has 0 saturated carbocycles. The summed E-state index contributed by atoms with van der Waals surface area (Å²) in [6.45, 7) is 1.55. The number of non-ortho nitro benzene ring substituents is 1. The van der Waals surface area contributed by atoms with Crippen molar-refractivity contribution in [3.8, 4) is 0 Å². The van der Waals surface area contributed by atoms with Crippen LogP contribution >= 0.6 is 0 Å². The van der Waals surface area contributed by atoms with Gasteiger partial charge in [-0.15, -0.1) is 0 Å². The van der Waals surface area contributed by atoms with Gasteiger partial charge in [0.1, 0.15) is 5.58 Å². The van der Waals surface area contributed by atoms with Crippen molar-refractivity contribution >= 4 is 22.6 Å². The fourth-order valence-electron chi connectivity index (χ4n) is 3.60. The van der Waals surface area contributed by atoms with Crippen molar-refractivity contribution in [3.05, 3.63) is 85.3 Å². The van der Waals surface area contributed by atoms with Crippen LogP contribution < -0.4 is 5.43 Å². The summed E-state index contributed by atoms with van der Waals surface area (Å²) in [7, 11) is 0. The van der Waals surface area contributed by atoms with Crippen LogP contribution in [0.3, 0.4) is 0 Å². The first-order chi connectivity index (χ1) is 13.4. The molecule has 8 heteroatoms. The zero-order valence-corrected chi connectivity index (χ0v) is 14.9. The fraction of sp³-hybridized carbons (Fsp3) is 0.200. The number of aryl methyl sites for hydroxylation is 1. The molecule has 28 heavy (non-hydrogen) atoms. The highest BCUT2D eigenvalue weighted by atomic mass is 16.6. The largest absolute Gasteiger partial charge is 0.450 e. The second-order valence-electron chi connectivity index (χ2n) is 6.65. The van der Waals surface area contributed by atoms with E-state index in [9.17, 15) is 24.8 Å². The molecule has 1 aromatic heterocycles. The standard InChI is InChI=1S/C20H16N2O6/c1-11-2-7-15-14(10-11)18(24)16-17(12-3-5-13(6-4-12)22(26)27)21(8-9-23)20(25)19(16)28-15/h2-7,10,17,23H,8-9H2,1H3/t17-/m1/s1. The lowest BCUT2D eigenvalue weighted by molar-refractivity contribution is -0.384. The van der Waals surface area contributed by atoms with Crippen LogP contribution in [0.2, 0.25) is 0 Å². The lowest BCUT2D eigenvalue weighted by Crippen LogP contribution is -2.32. The maximum absolute atomic E-state index is 13.2. The van der Waals surface area contributed by atoms with Gasteiger partial charge in [0.25, 0.3) is 11.6 Å². The molecule has 8 nitrogen and oxygen atoms in total. The third kappa shape index (κ3) is 2.66. The Morgan fingerprint density at radius 1 is 1.18 bits per heavy atom. The summed E-state index contributed by atoms with van der Waals surface area (Å²) in [5.41, 5.74) is 1.50. The molecule has 2 heterocycles. The molecule has 0 fully saturated rings. The summed E-state index contributed by atoms with van der Waals surface area (Å²) in [4.78, 5) is 37.9. The minimum absolute atomic E-state index is 0.000495. The Bertz CT molecular complexity index is 1170. The van der Waals surface area contributed by atoms with E-state index in [1.54, 1.807) is 18.2 Å². The summed E-state index contributed by atoms with van der Waals surface area (Å²) in [5, 5.41) is 20.7. The Morgan fingerprint density at radius 2 is 1.89 bits per heavy atom. The molecule has 2 aromatic carbocycles. The highest BCUT2D eigenvalue weighted by Gasteiger charge is 2.42. The van der Waals surface area contributed by atoms with E-state index < -0.39 is 16.9 Å². The molecule has 0 unspecified atom stereocenters. The summed E-state index contributed by atoms with van der Waals surface area (Å²) in [5.74, 6) is -0.551. The summed E-state index contributed by atoms with van der Waals surface area (Å²) < 4.78 is 5.76. The average Bonchev–Trinajstić information content (AvgIpc) is 2.95. The van der Waals surface area contributed by atoms with Gasteiger partial charge in [-0.05, 0) is 36.8 Å². The van der Waals surface area contributed by atoms with Crippen LogP contribution in [0.4, 0.5) is 5.69 Å². The molecule has 1 atom stereocenters. The molecule has 1 N–H and O–H groups in total. The van der Waals surface area contributed by atoms with E-state index in [-0.39, 0.29) is 35.6 Å². The van der Waals surface area contributed by atoms with Gasteiger partial charge in [0.2, 0.25) is 5.76 Å². The topological polar surface area (TPSA) is 114 Å². The van der Waals surface area contributed by atoms with Gasteiger partial charge < -0.3 is 14.4 Å². The van der Waals surface area contributed by atoms with Crippen LogP contribution in [-0.4, -0.2) is 34.0 Å². The number of aliphatic hydroxyl groups excluding tert-OH is 1. The molecule has 0 radical (unpaired) electrons. The Balaban J connectivity index is 1.96. The number of nitro benzene ring substituents is 1. The summed E-state index contributed by atoms with van der Waals surface area (Å²) in [6.07, 6.45) is 0. The average molecular weight is 380 g/mol. The molecular weight excluding hydrogens is 364 g/mol. The van der Waals surface area contributed by atoms with Crippen LogP contribution in [-0.2, 0) is 0 Å². The second kappa shape index (κ2) is 6.58. The van der Waals surface area contributed by atoms with Gasteiger partial charge in [-0.1, -0.05) is 11.6 Å². The minimum Gasteiger partial charge on any atom is -0.450 e. The SMILES string of the molecule is Cc1ccc2oc3c(c(=O)c2c1)[C@@H](c1ccc([N+](=O)[O-])cc1)N(CCO)C3=O. The summed E-state index contributed by atoms with van der Waals surface area (Å²) in [6, 6.07) is 10.0. The first-order valence-electron chi connectivity index (χ1n) is 8.66. The number of hydrogen-bond acceptors (Lipinski definition) is 6. The van der Waals surface area contributed by atoms with E-state index in [0.717, 1.165) is 5.56 Å². The highest BCUT2D eigenvalue weighted by Crippen LogP contribution is 2.38. The van der Waals surface area contributed by atoms with Gasteiger partial charge in [0.15, 0.2) is 5.43 Å². The van der Waals surface area contributed by atoms with E-state index in [4.69, 9.17) is 4.42 Å². The van der Waals surface area contributed by atoms with Crippen molar-refractivity contribution in [2.75, 3.05) is 13.2 Å². The quantitative estimate of drug-likeness (QED) is 0.550. The lowest BCUT2D eigenvalue weighted by Gasteiger charge is -2.24. The number of β-amino-alcohol motifs (C(OH)–C–C–N with tert-alkyl or cyclic N) is 1. The molecule has 4 rings (SSSR count). The van der Waals surface area contributed by atoms with Gasteiger partial charge in [-0.25, -0.2) is 0 Å². The molecule has 0 aliphatic carbocycles. The van der Waals surface area contributed by atoms with Gasteiger partial charge in [0.05, 0.1) is 28.5 Å². The van der Waals surface area contributed by atoms with Crippen LogP contribution in [0.1, 0.15) is 33.3 Å². The van der Waals surface area contributed by atoms with Crippen LogP contribution in [0.5, 0.6) is 0 Å². The second-order valence-corrected chi connectivity index (χ2v) is 6.65. The monoisotopic (exact) mass is 380 g/mol. The molecule has 1 amide bonds. The molecule has 3 aromatic rings. The number of benzene rings is 2. The van der Waals surface area contributed by atoms with Crippen molar-refractivity contribution in [2.24, 2.45) is 0 Å². The Labute approximate surface area is 158 Å². The molecule has 0 spiro atoms. The zero-order chi connectivity index (χ0) is 20.0. The molecule has 1 aliphatic heterocycles. The molecule has 1 aliphatic rings. The Morgan fingerprint density at radius 3 is 2.54 bits per heavy atom. The number of carbonyl (C=O) groups is 1. The number of carbonyl (C=O) groups excluding carboxylic acids is 1. The lowest BCUT2D eigenvalue weighted by atomic mass is 9.98. The van der Waals surface area contributed by atoms with E-state index >= 15 is 0 Å². The van der Waals surface area contributed by atoms with Gasteiger partial charge in [0, 0.05) is 18.7 Å². The Kier molecular flexibility index (Phi) is 4.20. The number of nitrogens with zero attached hydrogens (tertiary/aromatic N) is 2.